The molecule has 0 aromatic carbocycles. The van der Waals surface area contributed by atoms with E-state index in [0.717, 1.165) is 89.9 Å². The molecule has 6 nitrogen and oxygen atoms in total. The van der Waals surface area contributed by atoms with Crippen molar-refractivity contribution >= 4 is 17.9 Å². The molecule has 0 bridgehead atoms. The van der Waals surface area contributed by atoms with E-state index in [-0.39, 0.29) is 46.9 Å². The Kier molecular flexibility index (Phi) is 29.6. The fraction of sp³-hybridized carbons (Fsp3) is 0.900. The van der Waals surface area contributed by atoms with Gasteiger partial charge in [-0.15, -0.1) is 0 Å². The molecule has 0 aromatic rings. The van der Waals surface area contributed by atoms with Gasteiger partial charge in [-0.25, -0.2) is 0 Å². The van der Waals surface area contributed by atoms with Gasteiger partial charge in [0.1, 0.15) is 0 Å². The van der Waals surface area contributed by atoms with E-state index in [1.165, 1.54) is 0 Å². The maximum Gasteiger partial charge on any atom is 3.00 e. The summed E-state index contributed by atoms with van der Waals surface area (Å²) in [6, 6.07) is 0. The van der Waals surface area contributed by atoms with Gasteiger partial charge in [-0.3, -0.25) is 0 Å². The predicted octanol–water partition coefficient (Wildman–Crippen LogP) is 5.20. The molecular formula is C30H57O6Yb. The van der Waals surface area contributed by atoms with Gasteiger partial charge < -0.3 is 29.7 Å². The second kappa shape index (κ2) is 24.9. The third-order valence-electron chi connectivity index (χ3n) is 7.36. The van der Waals surface area contributed by atoms with E-state index >= 15 is 0 Å². The molecule has 0 heterocycles. The molecule has 0 spiro atoms. The summed E-state index contributed by atoms with van der Waals surface area (Å²) < 4.78 is 0. The number of carbonyl (C=O) groups is 3. The van der Waals surface area contributed by atoms with Crippen molar-refractivity contribution in [2.24, 2.45) is 16.2 Å². The summed E-state index contributed by atoms with van der Waals surface area (Å²) in [5.41, 5.74) is -1.79. The second-order valence-electron chi connectivity index (χ2n) is 11.1. The van der Waals surface area contributed by atoms with Crippen molar-refractivity contribution in [1.29, 1.82) is 0 Å². The Hall–Kier alpha value is -0.0705. The van der Waals surface area contributed by atoms with Crippen LogP contribution in [-0.2, 0) is 14.4 Å². The quantitative estimate of drug-likeness (QED) is 0.183. The summed E-state index contributed by atoms with van der Waals surface area (Å²) in [5.74, 6) is -2.68. The smallest absolute Gasteiger partial charge is 0.550 e. The zero-order valence-corrected chi connectivity index (χ0v) is 27.0. The maximum atomic E-state index is 10.8. The van der Waals surface area contributed by atoms with Crippen molar-refractivity contribution in [1.82, 2.24) is 0 Å². The molecule has 3 atom stereocenters. The Balaban J connectivity index is -0.000000218. The number of carbonyl (C=O) groups excluding carboxylic acids is 3. The summed E-state index contributed by atoms with van der Waals surface area (Å²) in [5, 5.41) is 32.3. The van der Waals surface area contributed by atoms with Crippen molar-refractivity contribution in [3.05, 3.63) is 0 Å². The molecule has 1 radical (unpaired) electrons. The van der Waals surface area contributed by atoms with Crippen molar-refractivity contribution < 1.29 is 76.6 Å². The standard InChI is InChI=1S/3C10H20O2.Yb/c1-4-6-7-8-10(3,5-2)9(11)12;2*1-4-6-8-10(3,7-5-2)9(11)12;/h3*4-8H2,1-3H3,(H,11,12);/q;;;+3/p-3. The Morgan fingerprint density at radius 1 is 0.459 bits per heavy atom. The Bertz CT molecular complexity index is 563. The third kappa shape index (κ3) is 20.5. The number of aliphatic carboxylic acids is 3. The number of rotatable bonds is 18. The van der Waals surface area contributed by atoms with Crippen LogP contribution in [0, 0.1) is 63.2 Å². The van der Waals surface area contributed by atoms with E-state index in [1.807, 2.05) is 20.8 Å². The summed E-state index contributed by atoms with van der Waals surface area (Å²) in [7, 11) is 0. The van der Waals surface area contributed by atoms with Gasteiger partial charge in [-0.1, -0.05) is 120 Å². The Morgan fingerprint density at radius 2 is 0.757 bits per heavy atom. The average molecular weight is 687 g/mol. The van der Waals surface area contributed by atoms with E-state index in [0.29, 0.717) is 6.42 Å². The van der Waals surface area contributed by atoms with Gasteiger partial charge >= 0.3 is 46.9 Å². The topological polar surface area (TPSA) is 120 Å². The first-order valence-corrected chi connectivity index (χ1v) is 14.3. The van der Waals surface area contributed by atoms with Gasteiger partial charge in [-0.05, 0) is 38.5 Å². The normalized spacial score (nSPS) is 15.2. The molecule has 0 aliphatic heterocycles. The van der Waals surface area contributed by atoms with Gasteiger partial charge in [0.05, 0.1) is 0 Å². The van der Waals surface area contributed by atoms with Gasteiger partial charge in [0.2, 0.25) is 0 Å². The number of hydrogen-bond acceptors (Lipinski definition) is 6. The molecule has 227 valence electrons. The van der Waals surface area contributed by atoms with Crippen LogP contribution < -0.4 is 15.3 Å². The van der Waals surface area contributed by atoms with Crippen molar-refractivity contribution in [2.75, 3.05) is 0 Å². The van der Waals surface area contributed by atoms with Crippen molar-refractivity contribution in [3.63, 3.8) is 0 Å². The fourth-order valence-electron chi connectivity index (χ4n) is 4.08. The van der Waals surface area contributed by atoms with Gasteiger partial charge in [0, 0.05) is 34.2 Å². The minimum atomic E-state index is -0.902. The van der Waals surface area contributed by atoms with Crippen LogP contribution in [-0.4, -0.2) is 17.9 Å². The largest absolute Gasteiger partial charge is 3.00 e. The molecule has 0 aliphatic carbocycles. The average Bonchev–Trinajstić information content (AvgIpc) is 2.82. The first-order valence-electron chi connectivity index (χ1n) is 14.3. The van der Waals surface area contributed by atoms with Crippen LogP contribution in [0.2, 0.25) is 0 Å². The molecular weight excluding hydrogens is 629 g/mol. The molecule has 0 amide bonds. The zero-order valence-electron chi connectivity index (χ0n) is 25.3. The predicted molar refractivity (Wildman–Crippen MR) is 143 cm³/mol. The molecule has 0 aromatic heterocycles. The molecule has 3 unspecified atom stereocenters. The second-order valence-corrected chi connectivity index (χ2v) is 11.1. The van der Waals surface area contributed by atoms with Gasteiger partial charge in [0.25, 0.3) is 0 Å². The van der Waals surface area contributed by atoms with E-state index in [2.05, 4.69) is 20.8 Å². The van der Waals surface area contributed by atoms with Crippen LogP contribution in [0.25, 0.3) is 0 Å². The molecule has 7 heteroatoms. The summed E-state index contributed by atoms with van der Waals surface area (Å²) >= 11 is 0. The third-order valence-corrected chi connectivity index (χ3v) is 7.36. The van der Waals surface area contributed by atoms with Gasteiger partial charge in [-0.2, -0.15) is 0 Å². The molecule has 0 saturated carbocycles. The number of hydrogen-bond donors (Lipinski definition) is 0. The van der Waals surface area contributed by atoms with E-state index in [9.17, 15) is 29.7 Å². The first kappa shape index (κ1) is 44.0. The van der Waals surface area contributed by atoms with Crippen molar-refractivity contribution in [2.45, 2.75) is 159 Å². The summed E-state index contributed by atoms with van der Waals surface area (Å²) in [6.07, 6.45) is 13.5. The number of carboxylic acid groups (broad SMARTS) is 3. The minimum absolute atomic E-state index is 0. The van der Waals surface area contributed by atoms with E-state index in [1.54, 1.807) is 20.8 Å². The van der Waals surface area contributed by atoms with Crippen LogP contribution in [0.4, 0.5) is 0 Å². The molecule has 0 N–H and O–H groups in total. The summed E-state index contributed by atoms with van der Waals surface area (Å²) in [6.45, 7) is 17.5. The van der Waals surface area contributed by atoms with Crippen LogP contribution in [0.15, 0.2) is 0 Å². The number of carboxylic acids is 3. The van der Waals surface area contributed by atoms with E-state index < -0.39 is 34.2 Å². The SMILES string of the molecule is CCCCC(C)(CCC)C(=O)[O-].CCCCC(C)(CCC)C(=O)[O-].CCCCCC(C)(CC)C(=O)[O-].[Yb+3]. The molecule has 0 fully saturated rings. The van der Waals surface area contributed by atoms with Gasteiger partial charge in [0.15, 0.2) is 0 Å². The van der Waals surface area contributed by atoms with E-state index in [4.69, 9.17) is 0 Å². The van der Waals surface area contributed by atoms with Crippen LogP contribution >= 0.6 is 0 Å². The molecule has 0 aliphatic rings. The molecule has 0 rings (SSSR count). The molecule has 37 heavy (non-hydrogen) atoms. The summed E-state index contributed by atoms with van der Waals surface area (Å²) in [4.78, 5) is 32.3. The molecule has 0 saturated heterocycles. The van der Waals surface area contributed by atoms with Crippen molar-refractivity contribution in [3.8, 4) is 0 Å². The minimum Gasteiger partial charge on any atom is -0.550 e. The monoisotopic (exact) mass is 687 g/mol. The number of unbranched alkanes of at least 4 members (excludes halogenated alkanes) is 4. The first-order chi connectivity index (χ1) is 16.7. The zero-order chi connectivity index (χ0) is 28.8. The maximum absolute atomic E-state index is 10.8. The van der Waals surface area contributed by atoms with Crippen LogP contribution in [0.1, 0.15) is 159 Å². The Labute approximate surface area is 267 Å². The van der Waals surface area contributed by atoms with Crippen LogP contribution in [0.3, 0.4) is 0 Å². The fourth-order valence-corrected chi connectivity index (χ4v) is 4.08. The van der Waals surface area contributed by atoms with Crippen LogP contribution in [0.5, 0.6) is 0 Å². The Morgan fingerprint density at radius 3 is 0.973 bits per heavy atom.